The summed E-state index contributed by atoms with van der Waals surface area (Å²) in [5.41, 5.74) is 0.640. The highest BCUT2D eigenvalue weighted by molar-refractivity contribution is 6.17. The topological polar surface area (TPSA) is 93.6 Å². The number of carboxylic acids is 1. The van der Waals surface area contributed by atoms with Gasteiger partial charge in [-0.05, 0) is 35.9 Å². The van der Waals surface area contributed by atoms with Gasteiger partial charge < -0.3 is 20.1 Å². The molecule has 3 N–H and O–H groups in total. The molecular formula is C22H18F2N2O4. The van der Waals surface area contributed by atoms with Gasteiger partial charge >= 0.3 is 5.97 Å². The van der Waals surface area contributed by atoms with Crippen LogP contribution in [-0.4, -0.2) is 38.5 Å². The summed E-state index contributed by atoms with van der Waals surface area (Å²) in [6.07, 6.45) is 1.20. The molecule has 0 saturated carbocycles. The Morgan fingerprint density at radius 2 is 1.83 bits per heavy atom. The summed E-state index contributed by atoms with van der Waals surface area (Å²) in [5.74, 6) is -4.10. The van der Waals surface area contributed by atoms with Crippen LogP contribution in [0, 0.1) is 11.6 Å². The Kier molecular flexibility index (Phi) is 4.38. The van der Waals surface area contributed by atoms with Crippen LogP contribution in [0.15, 0.2) is 42.6 Å². The van der Waals surface area contributed by atoms with E-state index in [9.17, 15) is 28.6 Å². The number of H-pyrrole nitrogens is 1. The number of hydrogen-bond acceptors (Lipinski definition) is 3. The number of aromatic nitrogens is 1. The minimum Gasteiger partial charge on any atom is -0.508 e. The first-order chi connectivity index (χ1) is 14.1. The first kappa shape index (κ1) is 19.6. The molecule has 3 aromatic rings. The zero-order chi connectivity index (χ0) is 21.8. The van der Waals surface area contributed by atoms with Gasteiger partial charge in [-0.15, -0.1) is 0 Å². The number of nitrogens with one attached hydrogen (secondary N) is 1. The molecule has 0 aliphatic carbocycles. The Balaban J connectivity index is 1.89. The lowest BCUT2D eigenvalue weighted by atomic mass is 9.81. The second-order valence-corrected chi connectivity index (χ2v) is 7.90. The number of aliphatic carboxylic acids is 1. The number of fused-ring (bicyclic) bond motifs is 3. The maximum Gasteiger partial charge on any atom is 0.339 e. The average molecular weight is 412 g/mol. The fourth-order valence-corrected chi connectivity index (χ4v) is 3.95. The predicted octanol–water partition coefficient (Wildman–Crippen LogP) is 4.01. The Morgan fingerprint density at radius 1 is 1.10 bits per heavy atom. The van der Waals surface area contributed by atoms with E-state index in [2.05, 4.69) is 4.98 Å². The quantitative estimate of drug-likeness (QED) is 0.593. The number of aromatic hydroxyl groups is 1. The van der Waals surface area contributed by atoms with Crippen molar-refractivity contribution in [2.75, 3.05) is 6.54 Å². The van der Waals surface area contributed by atoms with Crippen molar-refractivity contribution in [2.45, 2.75) is 19.3 Å². The molecule has 0 saturated heterocycles. The molecule has 154 valence electrons. The van der Waals surface area contributed by atoms with E-state index in [-0.39, 0.29) is 23.4 Å². The number of nitrogens with zero attached hydrogens (tertiary/aromatic N) is 1. The van der Waals surface area contributed by atoms with Crippen molar-refractivity contribution in [1.29, 1.82) is 0 Å². The maximum atomic E-state index is 13.6. The van der Waals surface area contributed by atoms with Crippen molar-refractivity contribution < 1.29 is 28.6 Å². The number of amides is 1. The van der Waals surface area contributed by atoms with Crippen LogP contribution in [0.3, 0.4) is 0 Å². The third-order valence-electron chi connectivity index (χ3n) is 5.24. The molecule has 1 aliphatic rings. The van der Waals surface area contributed by atoms with Crippen molar-refractivity contribution in [3.05, 3.63) is 71.1 Å². The van der Waals surface area contributed by atoms with Crippen molar-refractivity contribution >= 4 is 28.4 Å². The van der Waals surface area contributed by atoms with Crippen molar-refractivity contribution in [1.82, 2.24) is 9.88 Å². The minimum absolute atomic E-state index is 0.0349. The first-order valence-electron chi connectivity index (χ1n) is 9.15. The molecule has 0 unspecified atom stereocenters. The summed E-state index contributed by atoms with van der Waals surface area (Å²) in [6, 6.07) is 7.51. The Hall–Kier alpha value is -3.68. The summed E-state index contributed by atoms with van der Waals surface area (Å²) >= 11 is 0. The van der Waals surface area contributed by atoms with E-state index in [0.29, 0.717) is 16.8 Å². The molecule has 0 spiro atoms. The Morgan fingerprint density at radius 3 is 2.50 bits per heavy atom. The van der Waals surface area contributed by atoms with Crippen LogP contribution >= 0.6 is 0 Å². The van der Waals surface area contributed by atoms with E-state index >= 15 is 0 Å². The largest absolute Gasteiger partial charge is 0.508 e. The molecule has 6 nitrogen and oxygen atoms in total. The van der Waals surface area contributed by atoms with E-state index in [1.807, 2.05) is 13.8 Å². The summed E-state index contributed by atoms with van der Waals surface area (Å²) in [5, 5.41) is 20.3. The third-order valence-corrected chi connectivity index (χ3v) is 5.24. The minimum atomic E-state index is -1.26. The van der Waals surface area contributed by atoms with E-state index in [0.717, 1.165) is 23.6 Å². The number of carboxylic acid groups (broad SMARTS) is 1. The molecule has 1 aliphatic heterocycles. The van der Waals surface area contributed by atoms with Crippen LogP contribution < -0.4 is 0 Å². The van der Waals surface area contributed by atoms with Gasteiger partial charge in [-0.3, -0.25) is 4.79 Å². The fraction of sp³-hybridized carbons (Fsp3) is 0.182. The second kappa shape index (κ2) is 6.69. The van der Waals surface area contributed by atoms with Gasteiger partial charge in [0.2, 0.25) is 0 Å². The van der Waals surface area contributed by atoms with E-state index in [4.69, 9.17) is 0 Å². The summed E-state index contributed by atoms with van der Waals surface area (Å²) in [7, 11) is 0. The lowest BCUT2D eigenvalue weighted by Gasteiger charge is -2.29. The van der Waals surface area contributed by atoms with Gasteiger partial charge in [-0.1, -0.05) is 13.8 Å². The number of phenols is 1. The molecule has 0 fully saturated rings. The number of benzene rings is 2. The number of hydrogen-bond donors (Lipinski definition) is 3. The summed E-state index contributed by atoms with van der Waals surface area (Å²) in [4.78, 5) is 29.3. The highest BCUT2D eigenvalue weighted by Crippen LogP contribution is 2.41. The predicted molar refractivity (Wildman–Crippen MR) is 106 cm³/mol. The van der Waals surface area contributed by atoms with Crippen molar-refractivity contribution in [3.63, 3.8) is 0 Å². The van der Waals surface area contributed by atoms with Gasteiger partial charge in [-0.25, -0.2) is 13.6 Å². The van der Waals surface area contributed by atoms with Crippen LogP contribution in [0.5, 0.6) is 5.75 Å². The SMILES string of the molecule is CC1(C)CN(C(=O)c2ccc(F)c(F)c2)C=C(C(=O)O)c2[nH]c3cc(O)ccc3c21. The molecule has 1 amide bonds. The van der Waals surface area contributed by atoms with Crippen LogP contribution in [0.4, 0.5) is 8.78 Å². The summed E-state index contributed by atoms with van der Waals surface area (Å²) in [6.45, 7) is 3.81. The van der Waals surface area contributed by atoms with E-state index in [1.165, 1.54) is 23.2 Å². The number of halogens is 2. The maximum absolute atomic E-state index is 13.6. The average Bonchev–Trinajstić information content (AvgIpc) is 2.99. The van der Waals surface area contributed by atoms with Crippen LogP contribution in [0.25, 0.3) is 16.5 Å². The van der Waals surface area contributed by atoms with Gasteiger partial charge in [0, 0.05) is 40.7 Å². The zero-order valence-corrected chi connectivity index (χ0v) is 16.2. The van der Waals surface area contributed by atoms with Gasteiger partial charge in [-0.2, -0.15) is 0 Å². The molecule has 4 rings (SSSR count). The lowest BCUT2D eigenvalue weighted by molar-refractivity contribution is -0.130. The molecule has 0 atom stereocenters. The van der Waals surface area contributed by atoms with Gasteiger partial charge in [0.1, 0.15) is 5.75 Å². The molecule has 2 heterocycles. The second-order valence-electron chi connectivity index (χ2n) is 7.90. The fourth-order valence-electron chi connectivity index (χ4n) is 3.95. The number of carbonyl (C=O) groups excluding carboxylic acids is 1. The highest BCUT2D eigenvalue weighted by atomic mass is 19.2. The third kappa shape index (κ3) is 3.10. The van der Waals surface area contributed by atoms with Crippen LogP contribution in [0.2, 0.25) is 0 Å². The van der Waals surface area contributed by atoms with Crippen LogP contribution in [0.1, 0.15) is 35.5 Å². The normalized spacial score (nSPS) is 15.5. The molecule has 30 heavy (non-hydrogen) atoms. The molecular weight excluding hydrogens is 394 g/mol. The smallest absolute Gasteiger partial charge is 0.339 e. The van der Waals surface area contributed by atoms with Crippen molar-refractivity contribution in [2.24, 2.45) is 0 Å². The Bertz CT molecular complexity index is 1240. The van der Waals surface area contributed by atoms with E-state index < -0.39 is 28.9 Å². The standard InChI is InChI=1S/C22H18F2N2O4/c1-22(2)10-26(20(28)11-3-6-15(23)16(24)7-11)9-14(21(29)30)19-18(22)13-5-4-12(27)8-17(13)25-19/h3-9,25,27H,10H2,1-2H3,(H,29,30). The zero-order valence-electron chi connectivity index (χ0n) is 16.2. The number of rotatable bonds is 2. The molecule has 2 aromatic carbocycles. The summed E-state index contributed by atoms with van der Waals surface area (Å²) < 4.78 is 26.9. The number of phenolic OH excluding ortho intramolecular Hbond substituents is 1. The number of carbonyl (C=O) groups is 2. The monoisotopic (exact) mass is 412 g/mol. The Labute approximate surface area is 170 Å². The lowest BCUT2D eigenvalue weighted by Crippen LogP contribution is -2.37. The van der Waals surface area contributed by atoms with Crippen molar-refractivity contribution in [3.8, 4) is 5.75 Å². The van der Waals surface area contributed by atoms with Gasteiger partial charge in [0.25, 0.3) is 5.91 Å². The highest BCUT2D eigenvalue weighted by Gasteiger charge is 2.37. The molecule has 1 aromatic heterocycles. The first-order valence-corrected chi connectivity index (χ1v) is 9.15. The van der Waals surface area contributed by atoms with Gasteiger partial charge in [0.05, 0.1) is 11.3 Å². The van der Waals surface area contributed by atoms with Gasteiger partial charge in [0.15, 0.2) is 11.6 Å². The van der Waals surface area contributed by atoms with E-state index in [1.54, 1.807) is 6.07 Å². The molecule has 0 radical (unpaired) electrons. The molecule has 0 bridgehead atoms. The van der Waals surface area contributed by atoms with Crippen LogP contribution in [-0.2, 0) is 10.2 Å². The number of aromatic amines is 1. The molecule has 8 heteroatoms.